The van der Waals surface area contributed by atoms with E-state index in [9.17, 15) is 26.3 Å². The normalized spacial score (nSPS) is 24.9. The van der Waals surface area contributed by atoms with Crippen molar-refractivity contribution in [2.75, 3.05) is 43.4 Å². The maximum Gasteiger partial charge on any atom is 0.421 e. The van der Waals surface area contributed by atoms with E-state index in [1.54, 1.807) is 4.90 Å². The van der Waals surface area contributed by atoms with Gasteiger partial charge in [-0.2, -0.15) is 23.1 Å². The maximum absolute atomic E-state index is 16.3. The molecule has 16 heteroatoms. The van der Waals surface area contributed by atoms with E-state index >= 15 is 4.39 Å². The lowest BCUT2D eigenvalue weighted by Crippen LogP contribution is -2.63. The minimum Gasteiger partial charge on any atom is -0.461 e. The summed E-state index contributed by atoms with van der Waals surface area (Å²) in [6.07, 6.45) is -2.43. The first-order valence-corrected chi connectivity index (χ1v) is 14.5. The van der Waals surface area contributed by atoms with Gasteiger partial charge in [0, 0.05) is 31.4 Å². The number of nitrogens with two attached hydrogens (primary N) is 1. The van der Waals surface area contributed by atoms with Crippen LogP contribution in [0, 0.1) is 11.6 Å². The number of halogens is 7. The molecule has 0 spiro atoms. The van der Waals surface area contributed by atoms with Crippen LogP contribution < -0.4 is 20.7 Å². The van der Waals surface area contributed by atoms with Crippen LogP contribution in [0.15, 0.2) is 12.3 Å². The number of hydrogen-bond acceptors (Lipinski definition) is 9. The van der Waals surface area contributed by atoms with E-state index in [1.807, 2.05) is 0 Å². The molecule has 4 aliphatic rings. The number of fused-ring (bicyclic) bond motifs is 4. The lowest BCUT2D eigenvalue weighted by Gasteiger charge is -2.41. The van der Waals surface area contributed by atoms with Gasteiger partial charge in [0.05, 0.1) is 16.5 Å². The second kappa shape index (κ2) is 10.3. The summed E-state index contributed by atoms with van der Waals surface area (Å²) >= 11 is 0. The van der Waals surface area contributed by atoms with Crippen molar-refractivity contribution in [2.24, 2.45) is 0 Å². The van der Waals surface area contributed by atoms with Crippen molar-refractivity contribution in [1.82, 2.24) is 30.2 Å². The van der Waals surface area contributed by atoms with Gasteiger partial charge >= 0.3 is 12.2 Å². The minimum absolute atomic E-state index is 0.0243. The summed E-state index contributed by atoms with van der Waals surface area (Å²) in [6.45, 7) is 2.14. The molecule has 9 nitrogen and oxygen atoms in total. The van der Waals surface area contributed by atoms with Crippen LogP contribution in [0.4, 0.5) is 42.4 Å². The van der Waals surface area contributed by atoms with Crippen LogP contribution in [-0.2, 0) is 6.18 Å². The summed E-state index contributed by atoms with van der Waals surface area (Å²) < 4.78 is 107. The number of nitrogens with zero attached hydrogens (tertiary/aromatic N) is 6. The summed E-state index contributed by atoms with van der Waals surface area (Å²) in [6, 6.07) is -0.150. The Labute approximate surface area is 247 Å². The van der Waals surface area contributed by atoms with Gasteiger partial charge in [0.2, 0.25) is 0 Å². The summed E-state index contributed by atoms with van der Waals surface area (Å²) in [7, 11) is 0. The van der Waals surface area contributed by atoms with Gasteiger partial charge in [-0.25, -0.2) is 22.5 Å². The third-order valence-electron chi connectivity index (χ3n) is 9.49. The lowest BCUT2D eigenvalue weighted by molar-refractivity contribution is -0.139. The quantitative estimate of drug-likeness (QED) is 0.382. The van der Waals surface area contributed by atoms with E-state index in [-0.39, 0.29) is 54.9 Å². The Hall–Kier alpha value is -3.53. The second-order valence-electron chi connectivity index (χ2n) is 12.2. The van der Waals surface area contributed by atoms with Crippen molar-refractivity contribution < 1.29 is 35.5 Å². The van der Waals surface area contributed by atoms with E-state index in [0.717, 1.165) is 45.0 Å². The molecule has 7 rings (SSSR count). The van der Waals surface area contributed by atoms with Crippen LogP contribution in [0.5, 0.6) is 6.01 Å². The number of rotatable bonds is 6. The van der Waals surface area contributed by atoms with Crippen LogP contribution in [-0.4, -0.2) is 81.2 Å². The largest absolute Gasteiger partial charge is 0.461 e. The first-order valence-electron chi connectivity index (χ1n) is 14.5. The third kappa shape index (κ3) is 4.68. The highest BCUT2D eigenvalue weighted by Gasteiger charge is 2.51. The average molecular weight is 627 g/mol. The molecule has 4 saturated heterocycles. The molecule has 2 bridgehead atoms. The fourth-order valence-corrected chi connectivity index (χ4v) is 7.44. The van der Waals surface area contributed by atoms with Crippen LogP contribution in [0.3, 0.4) is 0 Å². The number of alkyl halides is 5. The number of nitrogens with one attached hydrogen (secondary N) is 1. The molecule has 236 valence electrons. The molecule has 0 amide bonds. The van der Waals surface area contributed by atoms with E-state index in [0.29, 0.717) is 12.5 Å². The molecule has 44 heavy (non-hydrogen) atoms. The molecule has 0 saturated carbocycles. The second-order valence-corrected chi connectivity index (χ2v) is 12.2. The van der Waals surface area contributed by atoms with Crippen LogP contribution in [0.2, 0.25) is 0 Å². The van der Waals surface area contributed by atoms with Gasteiger partial charge in [0.25, 0.3) is 6.43 Å². The van der Waals surface area contributed by atoms with Gasteiger partial charge in [0.15, 0.2) is 5.82 Å². The average Bonchev–Trinajstić information content (AvgIpc) is 3.63. The number of nitrogen functional groups attached to an aromatic ring is 1. The van der Waals surface area contributed by atoms with Gasteiger partial charge in [0.1, 0.15) is 46.5 Å². The summed E-state index contributed by atoms with van der Waals surface area (Å²) in [5.41, 5.74) is -0.566. The number of pyridine rings is 2. The van der Waals surface area contributed by atoms with E-state index in [1.165, 1.54) is 0 Å². The smallest absolute Gasteiger partial charge is 0.421 e. The topological polar surface area (TPSA) is 105 Å². The predicted octanol–water partition coefficient (Wildman–Crippen LogP) is 4.55. The fourth-order valence-electron chi connectivity index (χ4n) is 7.44. The summed E-state index contributed by atoms with van der Waals surface area (Å²) in [5.74, 6) is -3.61. The summed E-state index contributed by atoms with van der Waals surface area (Å²) in [5, 5.41) is 2.98. The van der Waals surface area contributed by atoms with Crippen LogP contribution >= 0.6 is 0 Å². The molecule has 3 N–H and O–H groups in total. The number of anilines is 2. The minimum atomic E-state index is -5.24. The molecule has 0 aliphatic carbocycles. The Morgan fingerprint density at radius 2 is 1.82 bits per heavy atom. The van der Waals surface area contributed by atoms with Crippen molar-refractivity contribution >= 4 is 22.5 Å². The predicted molar refractivity (Wildman–Crippen MR) is 145 cm³/mol. The summed E-state index contributed by atoms with van der Waals surface area (Å²) in [4.78, 5) is 20.2. The lowest BCUT2D eigenvalue weighted by atomic mass is 9.95. The Bertz CT molecular complexity index is 1610. The Balaban J connectivity index is 1.36. The molecule has 4 fully saturated rings. The first kappa shape index (κ1) is 29.2. The zero-order valence-corrected chi connectivity index (χ0v) is 23.4. The van der Waals surface area contributed by atoms with Crippen molar-refractivity contribution in [3.8, 4) is 17.4 Å². The van der Waals surface area contributed by atoms with Gasteiger partial charge < -0.3 is 20.7 Å². The number of hydrogen-bond donors (Lipinski definition) is 2. The van der Waals surface area contributed by atoms with Crippen LogP contribution in [0.1, 0.15) is 44.1 Å². The highest BCUT2D eigenvalue weighted by Crippen LogP contribution is 2.43. The van der Waals surface area contributed by atoms with E-state index in [4.69, 9.17) is 10.5 Å². The SMILES string of the molecule is Nc1cc(F)c(C(F)(F)F)c(-c2ncc3c(N4CC5CC[C@@](C(F)F)(C4)N5)nc(OCC45CCCN4CCC5)nc3c2F)n1. The number of aromatic nitrogens is 4. The Kier molecular flexibility index (Phi) is 6.81. The standard InChI is InChI=1S/C28H29F7N8O/c29-16-9-17(36)38-21(18(16)28(33,34)35)22-19(30)20-15(10-37-22)23(42-11-14-3-6-27(12-42,41-14)24(31)32)40-25(39-20)44-13-26-4-1-7-43(26)8-2-5-26/h9-10,14,24,41H,1-8,11-13H2,(H2,36,38)/t14?,27-/m0/s1. The zero-order valence-electron chi connectivity index (χ0n) is 23.4. The molecule has 7 heterocycles. The highest BCUT2D eigenvalue weighted by atomic mass is 19.4. The molecule has 0 aromatic carbocycles. The molecule has 2 atom stereocenters. The molecule has 0 radical (unpaired) electrons. The Morgan fingerprint density at radius 3 is 2.52 bits per heavy atom. The third-order valence-corrected chi connectivity index (χ3v) is 9.49. The van der Waals surface area contributed by atoms with Crippen molar-refractivity contribution in [1.29, 1.82) is 0 Å². The fraction of sp³-hybridized carbons (Fsp3) is 0.571. The van der Waals surface area contributed by atoms with Gasteiger partial charge in [-0.1, -0.05) is 0 Å². The van der Waals surface area contributed by atoms with Gasteiger partial charge in [-0.3, -0.25) is 9.88 Å². The van der Waals surface area contributed by atoms with E-state index in [2.05, 4.69) is 30.2 Å². The molecular weight excluding hydrogens is 597 g/mol. The molecule has 4 aliphatic heterocycles. The van der Waals surface area contributed by atoms with E-state index < -0.39 is 58.1 Å². The van der Waals surface area contributed by atoms with Crippen molar-refractivity contribution in [3.05, 3.63) is 29.5 Å². The highest BCUT2D eigenvalue weighted by molar-refractivity contribution is 5.92. The van der Waals surface area contributed by atoms with Gasteiger partial charge in [-0.15, -0.1) is 0 Å². The zero-order chi connectivity index (χ0) is 31.0. The first-order chi connectivity index (χ1) is 20.9. The van der Waals surface area contributed by atoms with Crippen LogP contribution in [0.25, 0.3) is 22.3 Å². The number of piperazine rings is 1. The molecule has 3 aromatic rings. The van der Waals surface area contributed by atoms with Crippen molar-refractivity contribution in [3.63, 3.8) is 0 Å². The number of ether oxygens (including phenoxy) is 1. The Morgan fingerprint density at radius 1 is 1.07 bits per heavy atom. The molecular formula is C28H29F7N8O. The van der Waals surface area contributed by atoms with Crippen molar-refractivity contribution in [2.45, 2.75) is 68.2 Å². The molecule has 3 aromatic heterocycles. The monoisotopic (exact) mass is 626 g/mol. The maximum atomic E-state index is 16.3. The van der Waals surface area contributed by atoms with Gasteiger partial charge in [-0.05, 0) is 51.6 Å². The molecule has 1 unspecified atom stereocenters.